The smallest absolute Gasteiger partial charge is 0.332 e. The number of hydrogen-bond donors (Lipinski definition) is 2. The SMILES string of the molecule is C/C(Cc1cccc(F)c1)=N/NC(N)=O. The zero-order valence-corrected chi connectivity index (χ0v) is 8.33. The van der Waals surface area contributed by atoms with Gasteiger partial charge in [-0.2, -0.15) is 5.10 Å². The molecule has 4 nitrogen and oxygen atoms in total. The maximum absolute atomic E-state index is 12.8. The van der Waals surface area contributed by atoms with E-state index in [1.165, 1.54) is 12.1 Å². The number of nitrogens with one attached hydrogen (secondary N) is 1. The molecule has 0 radical (unpaired) electrons. The lowest BCUT2D eigenvalue weighted by Gasteiger charge is -2.01. The van der Waals surface area contributed by atoms with Crippen molar-refractivity contribution in [1.29, 1.82) is 0 Å². The predicted octanol–water partition coefficient (Wildman–Crippen LogP) is 1.41. The summed E-state index contributed by atoms with van der Waals surface area (Å²) in [6, 6.07) is 5.49. The Morgan fingerprint density at radius 1 is 1.60 bits per heavy atom. The highest BCUT2D eigenvalue weighted by atomic mass is 19.1. The average Bonchev–Trinajstić information content (AvgIpc) is 2.15. The van der Waals surface area contributed by atoms with Crippen LogP contribution in [0, 0.1) is 5.82 Å². The number of amides is 2. The number of urea groups is 1. The van der Waals surface area contributed by atoms with Crippen molar-refractivity contribution in [2.24, 2.45) is 10.8 Å². The first-order chi connectivity index (χ1) is 7.08. The first-order valence-corrected chi connectivity index (χ1v) is 4.41. The third-order valence-electron chi connectivity index (χ3n) is 1.71. The molecule has 0 atom stereocenters. The number of benzene rings is 1. The number of halogens is 1. The van der Waals surface area contributed by atoms with Crippen LogP contribution >= 0.6 is 0 Å². The second kappa shape index (κ2) is 5.09. The van der Waals surface area contributed by atoms with E-state index in [1.54, 1.807) is 19.1 Å². The number of hydrogen-bond acceptors (Lipinski definition) is 2. The predicted molar refractivity (Wildman–Crippen MR) is 55.9 cm³/mol. The van der Waals surface area contributed by atoms with Gasteiger partial charge in [0.2, 0.25) is 0 Å². The Morgan fingerprint density at radius 2 is 2.33 bits per heavy atom. The van der Waals surface area contributed by atoms with E-state index in [1.807, 2.05) is 0 Å². The number of hydrazone groups is 1. The molecule has 2 amide bonds. The van der Waals surface area contributed by atoms with Gasteiger partial charge in [-0.15, -0.1) is 0 Å². The van der Waals surface area contributed by atoms with Crippen LogP contribution in [0.4, 0.5) is 9.18 Å². The number of rotatable bonds is 3. The molecule has 80 valence electrons. The molecule has 3 N–H and O–H groups in total. The molecule has 1 aromatic rings. The van der Waals surface area contributed by atoms with Crippen LogP contribution in [0.1, 0.15) is 12.5 Å². The topological polar surface area (TPSA) is 67.5 Å². The minimum Gasteiger partial charge on any atom is -0.350 e. The minimum atomic E-state index is -0.714. The first-order valence-electron chi connectivity index (χ1n) is 4.41. The molecule has 0 aliphatic rings. The molecule has 0 saturated heterocycles. The first kappa shape index (κ1) is 11.2. The summed E-state index contributed by atoms with van der Waals surface area (Å²) in [6.45, 7) is 1.72. The zero-order valence-electron chi connectivity index (χ0n) is 8.33. The maximum Gasteiger partial charge on any atom is 0.332 e. The van der Waals surface area contributed by atoms with Crippen LogP contribution in [-0.2, 0) is 6.42 Å². The van der Waals surface area contributed by atoms with Gasteiger partial charge in [0.25, 0.3) is 0 Å². The van der Waals surface area contributed by atoms with Gasteiger partial charge >= 0.3 is 6.03 Å². The van der Waals surface area contributed by atoms with Crippen molar-refractivity contribution in [3.05, 3.63) is 35.6 Å². The van der Waals surface area contributed by atoms with Gasteiger partial charge in [-0.05, 0) is 24.6 Å². The van der Waals surface area contributed by atoms with Gasteiger partial charge in [0, 0.05) is 12.1 Å². The second-order valence-electron chi connectivity index (χ2n) is 3.13. The Bertz CT molecular complexity index is 390. The Morgan fingerprint density at radius 3 is 2.93 bits per heavy atom. The van der Waals surface area contributed by atoms with Crippen LogP contribution in [0.15, 0.2) is 29.4 Å². The number of primary amides is 1. The molecule has 15 heavy (non-hydrogen) atoms. The van der Waals surface area contributed by atoms with Gasteiger partial charge in [0.05, 0.1) is 0 Å². The fraction of sp³-hybridized carbons (Fsp3) is 0.200. The van der Waals surface area contributed by atoms with E-state index in [0.717, 1.165) is 5.56 Å². The lowest BCUT2D eigenvalue weighted by molar-refractivity contribution is 0.249. The molecule has 5 heteroatoms. The van der Waals surface area contributed by atoms with Crippen molar-refractivity contribution in [3.63, 3.8) is 0 Å². The Labute approximate surface area is 87.0 Å². The molecule has 0 bridgehead atoms. The van der Waals surface area contributed by atoms with Crippen LogP contribution in [0.2, 0.25) is 0 Å². The number of nitrogens with zero attached hydrogens (tertiary/aromatic N) is 1. The molecule has 0 heterocycles. The lowest BCUT2D eigenvalue weighted by Crippen LogP contribution is -2.25. The molecule has 0 aliphatic heterocycles. The van der Waals surface area contributed by atoms with E-state index in [4.69, 9.17) is 5.73 Å². The van der Waals surface area contributed by atoms with Crippen molar-refractivity contribution in [2.45, 2.75) is 13.3 Å². The molecule has 0 spiro atoms. The summed E-state index contributed by atoms with van der Waals surface area (Å²) in [4.78, 5) is 10.4. The fourth-order valence-corrected chi connectivity index (χ4v) is 1.13. The molecular weight excluding hydrogens is 197 g/mol. The number of nitrogens with two attached hydrogens (primary N) is 1. The van der Waals surface area contributed by atoms with Crippen molar-refractivity contribution in [2.75, 3.05) is 0 Å². The summed E-state index contributed by atoms with van der Waals surface area (Å²) >= 11 is 0. The van der Waals surface area contributed by atoms with Crippen LogP contribution in [0.3, 0.4) is 0 Å². The van der Waals surface area contributed by atoms with Crippen molar-refractivity contribution < 1.29 is 9.18 Å². The minimum absolute atomic E-state index is 0.289. The molecular formula is C10H12FN3O. The van der Waals surface area contributed by atoms with Gasteiger partial charge in [0.1, 0.15) is 5.82 Å². The van der Waals surface area contributed by atoms with E-state index in [0.29, 0.717) is 12.1 Å². The average molecular weight is 209 g/mol. The quantitative estimate of drug-likeness (QED) is 0.573. The lowest BCUT2D eigenvalue weighted by atomic mass is 10.1. The van der Waals surface area contributed by atoms with E-state index >= 15 is 0 Å². The Hall–Kier alpha value is -1.91. The normalized spacial score (nSPS) is 11.2. The summed E-state index contributed by atoms with van der Waals surface area (Å²) in [6.07, 6.45) is 0.470. The van der Waals surface area contributed by atoms with Crippen LogP contribution in [-0.4, -0.2) is 11.7 Å². The van der Waals surface area contributed by atoms with Gasteiger partial charge in [-0.1, -0.05) is 12.1 Å². The van der Waals surface area contributed by atoms with Crippen molar-refractivity contribution >= 4 is 11.7 Å². The Balaban J connectivity index is 2.61. The largest absolute Gasteiger partial charge is 0.350 e. The van der Waals surface area contributed by atoms with E-state index in [2.05, 4.69) is 10.5 Å². The van der Waals surface area contributed by atoms with Gasteiger partial charge in [0.15, 0.2) is 0 Å². The fourth-order valence-electron chi connectivity index (χ4n) is 1.13. The molecule has 0 saturated carbocycles. The third-order valence-corrected chi connectivity index (χ3v) is 1.71. The summed E-state index contributed by atoms with van der Waals surface area (Å²) < 4.78 is 12.8. The van der Waals surface area contributed by atoms with E-state index in [-0.39, 0.29) is 5.82 Å². The van der Waals surface area contributed by atoms with Gasteiger partial charge in [-0.25, -0.2) is 14.6 Å². The van der Waals surface area contributed by atoms with Crippen molar-refractivity contribution in [3.8, 4) is 0 Å². The number of carbonyl (C=O) groups excluding carboxylic acids is 1. The zero-order chi connectivity index (χ0) is 11.3. The highest BCUT2D eigenvalue weighted by Crippen LogP contribution is 2.04. The van der Waals surface area contributed by atoms with Crippen LogP contribution < -0.4 is 11.2 Å². The highest BCUT2D eigenvalue weighted by Gasteiger charge is 1.98. The van der Waals surface area contributed by atoms with Crippen molar-refractivity contribution in [1.82, 2.24) is 5.43 Å². The summed E-state index contributed by atoms with van der Waals surface area (Å²) in [7, 11) is 0. The second-order valence-corrected chi connectivity index (χ2v) is 3.13. The molecule has 1 aromatic carbocycles. The third kappa shape index (κ3) is 4.21. The molecule has 1 rings (SSSR count). The molecule has 0 aliphatic carbocycles. The molecule has 0 unspecified atom stereocenters. The molecule has 0 fully saturated rings. The Kier molecular flexibility index (Phi) is 3.79. The van der Waals surface area contributed by atoms with Crippen LogP contribution in [0.25, 0.3) is 0 Å². The highest BCUT2D eigenvalue weighted by molar-refractivity contribution is 5.85. The van der Waals surface area contributed by atoms with Crippen LogP contribution in [0.5, 0.6) is 0 Å². The summed E-state index contributed by atoms with van der Waals surface area (Å²) in [5, 5.41) is 3.72. The number of carbonyl (C=O) groups is 1. The van der Waals surface area contributed by atoms with Gasteiger partial charge in [-0.3, -0.25) is 0 Å². The monoisotopic (exact) mass is 209 g/mol. The molecule has 0 aromatic heterocycles. The maximum atomic E-state index is 12.8. The van der Waals surface area contributed by atoms with Gasteiger partial charge < -0.3 is 5.73 Å². The van der Waals surface area contributed by atoms with E-state index in [9.17, 15) is 9.18 Å². The van der Waals surface area contributed by atoms with E-state index < -0.39 is 6.03 Å². The summed E-state index contributed by atoms with van der Waals surface area (Å²) in [5.74, 6) is -0.289. The standard InChI is InChI=1S/C10H12FN3O/c1-7(13-14-10(12)15)5-8-3-2-4-9(11)6-8/h2-4,6H,5H2,1H3,(H3,12,14,15)/b13-7-. The summed E-state index contributed by atoms with van der Waals surface area (Å²) in [5.41, 5.74) is 8.40.